The van der Waals surface area contributed by atoms with Crippen LogP contribution >= 0.6 is 0 Å². The van der Waals surface area contributed by atoms with Crippen LogP contribution in [0.25, 0.3) is 0 Å². The number of rotatable bonds is 5. The van der Waals surface area contributed by atoms with Crippen molar-refractivity contribution < 1.29 is 9.90 Å². The van der Waals surface area contributed by atoms with Gasteiger partial charge in [0.15, 0.2) is 0 Å². The van der Waals surface area contributed by atoms with E-state index < -0.39 is 11.5 Å². The average molecular weight is 248 g/mol. The van der Waals surface area contributed by atoms with E-state index in [0.29, 0.717) is 25.2 Å². The number of amides is 1. The van der Waals surface area contributed by atoms with E-state index in [0.717, 1.165) is 18.4 Å². The summed E-state index contributed by atoms with van der Waals surface area (Å²) in [4.78, 5) is 13.4. The lowest BCUT2D eigenvalue weighted by atomic mass is 9.88. The number of benzene rings is 1. The molecule has 1 aromatic carbocycles. The number of hydrogen-bond acceptors (Lipinski definition) is 3. The molecule has 0 atom stereocenters. The first-order valence-corrected chi connectivity index (χ1v) is 6.36. The second kappa shape index (κ2) is 5.08. The van der Waals surface area contributed by atoms with Crippen molar-refractivity contribution in [2.45, 2.75) is 31.9 Å². The van der Waals surface area contributed by atoms with Gasteiger partial charge in [-0.25, -0.2) is 0 Å². The monoisotopic (exact) mass is 248 g/mol. The van der Waals surface area contributed by atoms with Crippen molar-refractivity contribution in [2.24, 2.45) is 5.73 Å². The molecule has 1 amide bonds. The number of β-amino-alcohol motifs (C(OH)–C–C–N with tert-alkyl or cyclic N) is 1. The molecule has 1 aliphatic heterocycles. The van der Waals surface area contributed by atoms with Gasteiger partial charge in [-0.1, -0.05) is 31.5 Å². The largest absolute Gasteiger partial charge is 0.387 e. The third kappa shape index (κ3) is 2.71. The lowest BCUT2D eigenvalue weighted by molar-refractivity contribution is -0.106. The Labute approximate surface area is 107 Å². The number of primary amides is 1. The van der Waals surface area contributed by atoms with Gasteiger partial charge in [-0.15, -0.1) is 0 Å². The average Bonchev–Trinajstić information content (AvgIpc) is 2.27. The molecule has 1 heterocycles. The Morgan fingerprint density at radius 3 is 2.72 bits per heavy atom. The normalized spacial score (nSPS) is 18.3. The van der Waals surface area contributed by atoms with Crippen LogP contribution in [0.2, 0.25) is 0 Å². The zero-order valence-electron chi connectivity index (χ0n) is 10.7. The molecule has 98 valence electrons. The molecular formula is C14H20N2O2. The Kier molecular flexibility index (Phi) is 3.68. The van der Waals surface area contributed by atoms with E-state index in [4.69, 9.17) is 5.73 Å². The molecule has 0 unspecified atom stereocenters. The van der Waals surface area contributed by atoms with Crippen molar-refractivity contribution in [1.29, 1.82) is 0 Å². The van der Waals surface area contributed by atoms with Crippen molar-refractivity contribution in [3.63, 3.8) is 0 Å². The van der Waals surface area contributed by atoms with Crippen molar-refractivity contribution in [3.05, 3.63) is 35.4 Å². The minimum Gasteiger partial charge on any atom is -0.387 e. The second-order valence-corrected chi connectivity index (χ2v) is 5.14. The van der Waals surface area contributed by atoms with Crippen LogP contribution in [0.4, 0.5) is 0 Å². The molecule has 0 aromatic heterocycles. The van der Waals surface area contributed by atoms with Crippen molar-refractivity contribution in [2.75, 3.05) is 13.1 Å². The van der Waals surface area contributed by atoms with Crippen LogP contribution < -0.4 is 5.73 Å². The first kappa shape index (κ1) is 13.1. The maximum absolute atomic E-state index is 11.3. The zero-order chi connectivity index (χ0) is 13.2. The molecule has 0 saturated carbocycles. The van der Waals surface area contributed by atoms with E-state index in [1.54, 1.807) is 6.07 Å². The van der Waals surface area contributed by atoms with Crippen molar-refractivity contribution in [1.82, 2.24) is 4.90 Å². The first-order chi connectivity index (χ1) is 8.54. The van der Waals surface area contributed by atoms with E-state index in [-0.39, 0.29) is 0 Å². The van der Waals surface area contributed by atoms with Crippen LogP contribution in [0, 0.1) is 0 Å². The lowest BCUT2D eigenvalue weighted by Crippen LogP contribution is -2.61. The fourth-order valence-electron chi connectivity index (χ4n) is 2.66. The standard InChI is InChI=1S/C14H20N2O2/c1-2-7-14(18)9-16(10-14)8-11-5-3-4-6-12(11)13(15)17/h3-6,18H,2,7-10H2,1H3,(H2,15,17). The van der Waals surface area contributed by atoms with Crippen LogP contribution in [0.3, 0.4) is 0 Å². The zero-order valence-corrected chi connectivity index (χ0v) is 10.7. The predicted octanol–water partition coefficient (Wildman–Crippen LogP) is 1.13. The van der Waals surface area contributed by atoms with E-state index >= 15 is 0 Å². The molecule has 4 nitrogen and oxygen atoms in total. The molecule has 0 bridgehead atoms. The Bertz CT molecular complexity index is 439. The third-order valence-corrected chi connectivity index (χ3v) is 3.43. The van der Waals surface area contributed by atoms with Crippen molar-refractivity contribution >= 4 is 5.91 Å². The van der Waals surface area contributed by atoms with Gasteiger partial charge in [-0.3, -0.25) is 9.69 Å². The quantitative estimate of drug-likeness (QED) is 0.821. The fraction of sp³-hybridized carbons (Fsp3) is 0.500. The Morgan fingerprint density at radius 1 is 1.44 bits per heavy atom. The fourth-order valence-corrected chi connectivity index (χ4v) is 2.66. The molecule has 1 saturated heterocycles. The molecule has 0 aliphatic carbocycles. The van der Waals surface area contributed by atoms with Gasteiger partial charge in [0.2, 0.25) is 5.91 Å². The highest BCUT2D eigenvalue weighted by Gasteiger charge is 2.39. The number of carbonyl (C=O) groups excluding carboxylic acids is 1. The minimum absolute atomic E-state index is 0.394. The van der Waals surface area contributed by atoms with E-state index in [9.17, 15) is 9.90 Å². The number of carbonyl (C=O) groups is 1. The van der Waals surface area contributed by atoms with Gasteiger partial charge in [-0.2, -0.15) is 0 Å². The molecule has 1 aliphatic rings. The van der Waals surface area contributed by atoms with Crippen LogP contribution in [-0.4, -0.2) is 34.6 Å². The molecular weight excluding hydrogens is 228 g/mol. The number of hydrogen-bond donors (Lipinski definition) is 2. The van der Waals surface area contributed by atoms with E-state index in [2.05, 4.69) is 11.8 Å². The summed E-state index contributed by atoms with van der Waals surface area (Å²) in [6.45, 7) is 4.09. The molecule has 1 fully saturated rings. The molecule has 0 radical (unpaired) electrons. The summed E-state index contributed by atoms with van der Waals surface area (Å²) in [6, 6.07) is 7.37. The number of nitrogens with two attached hydrogens (primary N) is 1. The summed E-state index contributed by atoms with van der Waals surface area (Å²) in [5.74, 6) is -0.394. The summed E-state index contributed by atoms with van der Waals surface area (Å²) >= 11 is 0. The molecule has 18 heavy (non-hydrogen) atoms. The topological polar surface area (TPSA) is 66.6 Å². The highest BCUT2D eigenvalue weighted by atomic mass is 16.3. The summed E-state index contributed by atoms with van der Waals surface area (Å²) in [5.41, 5.74) is 6.32. The minimum atomic E-state index is -0.531. The number of nitrogens with zero attached hydrogens (tertiary/aromatic N) is 1. The Morgan fingerprint density at radius 2 is 2.11 bits per heavy atom. The van der Waals surface area contributed by atoms with E-state index in [1.165, 1.54) is 0 Å². The molecule has 1 aromatic rings. The van der Waals surface area contributed by atoms with Crippen LogP contribution in [0.1, 0.15) is 35.7 Å². The molecule has 4 heteroatoms. The summed E-state index contributed by atoms with van der Waals surface area (Å²) < 4.78 is 0. The predicted molar refractivity (Wildman–Crippen MR) is 70.1 cm³/mol. The summed E-state index contributed by atoms with van der Waals surface area (Å²) in [7, 11) is 0. The van der Waals surface area contributed by atoms with Gasteiger partial charge in [-0.05, 0) is 18.1 Å². The molecule has 2 rings (SSSR count). The first-order valence-electron chi connectivity index (χ1n) is 6.36. The lowest BCUT2D eigenvalue weighted by Gasteiger charge is -2.46. The maximum Gasteiger partial charge on any atom is 0.249 e. The smallest absolute Gasteiger partial charge is 0.249 e. The number of aliphatic hydroxyl groups is 1. The molecule has 3 N–H and O–H groups in total. The van der Waals surface area contributed by atoms with Crippen LogP contribution in [0.15, 0.2) is 24.3 Å². The highest BCUT2D eigenvalue weighted by Crippen LogP contribution is 2.27. The van der Waals surface area contributed by atoms with Gasteiger partial charge >= 0.3 is 0 Å². The Balaban J connectivity index is 1.98. The third-order valence-electron chi connectivity index (χ3n) is 3.43. The SMILES string of the molecule is CCCC1(O)CN(Cc2ccccc2C(N)=O)C1. The van der Waals surface area contributed by atoms with Gasteiger partial charge < -0.3 is 10.8 Å². The van der Waals surface area contributed by atoms with E-state index in [1.807, 2.05) is 18.2 Å². The summed E-state index contributed by atoms with van der Waals surface area (Å²) in [6.07, 6.45) is 1.82. The van der Waals surface area contributed by atoms with Crippen LogP contribution in [0.5, 0.6) is 0 Å². The van der Waals surface area contributed by atoms with Gasteiger partial charge in [0.1, 0.15) is 0 Å². The maximum atomic E-state index is 11.3. The van der Waals surface area contributed by atoms with Crippen LogP contribution in [-0.2, 0) is 6.54 Å². The van der Waals surface area contributed by atoms with Gasteiger partial charge in [0, 0.05) is 25.2 Å². The van der Waals surface area contributed by atoms with Gasteiger partial charge in [0.25, 0.3) is 0 Å². The summed E-state index contributed by atoms with van der Waals surface area (Å²) in [5, 5.41) is 10.1. The molecule has 0 spiro atoms. The second-order valence-electron chi connectivity index (χ2n) is 5.14. The van der Waals surface area contributed by atoms with Gasteiger partial charge in [0.05, 0.1) is 5.60 Å². The highest BCUT2D eigenvalue weighted by molar-refractivity contribution is 5.94. The number of likely N-dealkylation sites (tertiary alicyclic amines) is 1. The Hall–Kier alpha value is -1.39. The van der Waals surface area contributed by atoms with Crippen molar-refractivity contribution in [3.8, 4) is 0 Å².